The summed E-state index contributed by atoms with van der Waals surface area (Å²) in [5, 5.41) is 0. The molecule has 0 heterocycles. The molecule has 5 heteroatoms. The third kappa shape index (κ3) is 14.5. The molecule has 0 saturated carbocycles. The summed E-state index contributed by atoms with van der Waals surface area (Å²) in [7, 11) is 7.75. The first-order chi connectivity index (χ1) is 4.91. The Hall–Kier alpha value is 1.62. The van der Waals surface area contributed by atoms with Gasteiger partial charge in [-0.1, -0.05) is 35.4 Å². The maximum absolute atomic E-state index is 2.22. The van der Waals surface area contributed by atoms with Gasteiger partial charge in [-0.05, 0) is 43.5 Å². The van der Waals surface area contributed by atoms with Crippen LogP contribution in [-0.4, -0.2) is 22.5 Å². The van der Waals surface area contributed by atoms with Gasteiger partial charge in [-0.25, -0.2) is 0 Å². The highest BCUT2D eigenvalue weighted by atomic mass is 33.7. The third-order valence-corrected chi connectivity index (χ3v) is 7.57. The van der Waals surface area contributed by atoms with Crippen LogP contribution in [0.4, 0.5) is 0 Å². The number of rotatable bonds is 7. The van der Waals surface area contributed by atoms with Crippen molar-refractivity contribution in [3.63, 3.8) is 0 Å². The van der Waals surface area contributed by atoms with Crippen molar-refractivity contribution in [2.75, 3.05) is 11.5 Å². The molecule has 0 radical (unpaired) electrons. The molecule has 0 atom stereocenters. The first-order valence-corrected chi connectivity index (χ1v) is 8.65. The zero-order chi connectivity index (χ0) is 7.66. The van der Waals surface area contributed by atoms with Crippen LogP contribution in [0.1, 0.15) is 26.7 Å². The molecule has 0 bridgehead atoms. The lowest BCUT2D eigenvalue weighted by molar-refractivity contribution is 1.11. The molecular formula is C6H18S4Si. The smallest absolute Gasteiger partial charge is 0.00427 e. The highest BCUT2D eigenvalue weighted by Crippen LogP contribution is 2.43. The van der Waals surface area contributed by atoms with Gasteiger partial charge in [0.15, 0.2) is 0 Å². The number of hydrogen-bond donors (Lipinski definition) is 0. The second-order valence-electron chi connectivity index (χ2n) is 1.78. The topological polar surface area (TPSA) is 0 Å². The van der Waals surface area contributed by atoms with Gasteiger partial charge in [-0.2, -0.15) is 0 Å². The normalized spacial score (nSPS) is 9.27. The van der Waals surface area contributed by atoms with Gasteiger partial charge in [-0.3, -0.25) is 0 Å². The Kier molecular flexibility index (Phi) is 19.4. The molecule has 0 aromatic rings. The molecule has 0 aliphatic rings. The van der Waals surface area contributed by atoms with Crippen molar-refractivity contribution >= 4 is 52.2 Å². The van der Waals surface area contributed by atoms with Crippen molar-refractivity contribution in [1.82, 2.24) is 0 Å². The van der Waals surface area contributed by atoms with Crippen molar-refractivity contribution in [2.45, 2.75) is 26.7 Å². The van der Waals surface area contributed by atoms with Crippen LogP contribution in [0.2, 0.25) is 0 Å². The van der Waals surface area contributed by atoms with E-state index in [1.807, 2.05) is 41.2 Å². The van der Waals surface area contributed by atoms with Crippen LogP contribution >= 0.6 is 41.2 Å². The Morgan fingerprint density at radius 2 is 1.18 bits per heavy atom. The quantitative estimate of drug-likeness (QED) is 0.384. The minimum atomic E-state index is 0. The fraction of sp³-hybridized carbons (Fsp3) is 1.00. The van der Waals surface area contributed by atoms with Gasteiger partial charge < -0.3 is 0 Å². The second-order valence-corrected chi connectivity index (χ2v) is 8.02. The summed E-state index contributed by atoms with van der Waals surface area (Å²) in [5.41, 5.74) is 0. The van der Waals surface area contributed by atoms with Gasteiger partial charge in [-0.15, -0.1) is 0 Å². The molecule has 0 rings (SSSR count). The highest BCUT2D eigenvalue weighted by molar-refractivity contribution is 9.26. The minimum Gasteiger partial charge on any atom is -0.0817 e. The SMILES string of the molecule is CCCSSSSCCC.[SiH4]. The Balaban J connectivity index is 0. The molecule has 0 N–H and O–H groups in total. The number of hydrogen-bond acceptors (Lipinski definition) is 4. The van der Waals surface area contributed by atoms with E-state index in [1.165, 1.54) is 24.3 Å². The summed E-state index contributed by atoms with van der Waals surface area (Å²) in [6, 6.07) is 0. The van der Waals surface area contributed by atoms with Gasteiger partial charge in [0, 0.05) is 11.5 Å². The third-order valence-electron chi connectivity index (χ3n) is 0.699. The maximum atomic E-state index is 2.22. The van der Waals surface area contributed by atoms with Crippen LogP contribution in [0.15, 0.2) is 0 Å². The standard InChI is InChI=1S/C6H14S4.H4Si/c1-3-5-7-9-10-8-6-4-2;/h3-6H2,1-2H3;1H4. The maximum Gasteiger partial charge on any atom is 0.00427 e. The molecular weight excluding hydrogens is 228 g/mol. The second kappa shape index (κ2) is 14.2. The Labute approximate surface area is 90.0 Å². The molecule has 11 heavy (non-hydrogen) atoms. The van der Waals surface area contributed by atoms with Crippen molar-refractivity contribution in [3.8, 4) is 0 Å². The van der Waals surface area contributed by atoms with Gasteiger partial charge in [0.05, 0.1) is 0 Å². The molecule has 0 aromatic carbocycles. The first kappa shape index (κ1) is 15.1. The molecule has 0 aromatic heterocycles. The van der Waals surface area contributed by atoms with Gasteiger partial charge in [0.2, 0.25) is 0 Å². The molecule has 0 fully saturated rings. The van der Waals surface area contributed by atoms with Crippen LogP contribution < -0.4 is 0 Å². The Bertz CT molecular complexity index is 54.5. The zero-order valence-corrected chi connectivity index (χ0v) is 9.73. The summed E-state index contributed by atoms with van der Waals surface area (Å²) >= 11 is 0. The largest absolute Gasteiger partial charge is 0.0817 e. The highest BCUT2D eigenvalue weighted by Gasteiger charge is 1.89. The van der Waals surface area contributed by atoms with E-state index in [2.05, 4.69) is 13.8 Å². The van der Waals surface area contributed by atoms with E-state index in [0.29, 0.717) is 0 Å². The predicted molar refractivity (Wildman–Crippen MR) is 72.0 cm³/mol. The lowest BCUT2D eigenvalue weighted by atomic mass is 10.6. The van der Waals surface area contributed by atoms with Crippen molar-refractivity contribution in [1.29, 1.82) is 0 Å². The molecule has 0 spiro atoms. The fourth-order valence-corrected chi connectivity index (χ4v) is 6.52. The van der Waals surface area contributed by atoms with Crippen LogP contribution in [0, 0.1) is 0 Å². The molecule has 0 amide bonds. The molecule has 0 nitrogen and oxygen atoms in total. The van der Waals surface area contributed by atoms with Gasteiger partial charge >= 0.3 is 0 Å². The fourth-order valence-electron chi connectivity index (χ4n) is 0.274. The lowest BCUT2D eigenvalue weighted by Gasteiger charge is -1.95. The van der Waals surface area contributed by atoms with E-state index < -0.39 is 0 Å². The predicted octanol–water partition coefficient (Wildman–Crippen LogP) is 3.03. The van der Waals surface area contributed by atoms with E-state index in [4.69, 9.17) is 0 Å². The Morgan fingerprint density at radius 1 is 0.818 bits per heavy atom. The van der Waals surface area contributed by atoms with Crippen LogP contribution in [-0.2, 0) is 0 Å². The van der Waals surface area contributed by atoms with E-state index >= 15 is 0 Å². The summed E-state index contributed by atoms with van der Waals surface area (Å²) in [6.45, 7) is 4.44. The summed E-state index contributed by atoms with van der Waals surface area (Å²) in [6.07, 6.45) is 2.58. The lowest BCUT2D eigenvalue weighted by Crippen LogP contribution is -1.66. The van der Waals surface area contributed by atoms with E-state index in [1.54, 1.807) is 0 Å². The van der Waals surface area contributed by atoms with Crippen molar-refractivity contribution < 1.29 is 0 Å². The summed E-state index contributed by atoms with van der Waals surface area (Å²) in [4.78, 5) is 0. The van der Waals surface area contributed by atoms with Crippen LogP contribution in [0.5, 0.6) is 0 Å². The summed E-state index contributed by atoms with van der Waals surface area (Å²) in [5.74, 6) is 2.56. The van der Waals surface area contributed by atoms with E-state index in [0.717, 1.165) is 0 Å². The molecule has 0 aliphatic heterocycles. The first-order valence-electron chi connectivity index (χ1n) is 3.49. The average Bonchev–Trinajstić information content (AvgIpc) is 1.97. The molecule has 0 saturated heterocycles. The van der Waals surface area contributed by atoms with Crippen molar-refractivity contribution in [2.24, 2.45) is 0 Å². The minimum absolute atomic E-state index is 0. The van der Waals surface area contributed by atoms with Crippen LogP contribution in [0.3, 0.4) is 0 Å². The zero-order valence-electron chi connectivity index (χ0n) is 6.46. The summed E-state index contributed by atoms with van der Waals surface area (Å²) < 4.78 is 0. The Morgan fingerprint density at radius 3 is 1.45 bits per heavy atom. The average molecular weight is 247 g/mol. The molecule has 0 unspecified atom stereocenters. The molecule has 70 valence electrons. The van der Waals surface area contributed by atoms with Crippen molar-refractivity contribution in [3.05, 3.63) is 0 Å². The van der Waals surface area contributed by atoms with Gasteiger partial charge in [0.1, 0.15) is 0 Å². The van der Waals surface area contributed by atoms with Gasteiger partial charge in [0.25, 0.3) is 0 Å². The monoisotopic (exact) mass is 246 g/mol. The van der Waals surface area contributed by atoms with E-state index in [9.17, 15) is 0 Å². The van der Waals surface area contributed by atoms with E-state index in [-0.39, 0.29) is 11.0 Å². The van der Waals surface area contributed by atoms with Crippen LogP contribution in [0.25, 0.3) is 0 Å². The molecule has 0 aliphatic carbocycles.